The smallest absolute Gasteiger partial charge is 0.362 e. The van der Waals surface area contributed by atoms with Gasteiger partial charge in [-0.3, -0.25) is 18.8 Å². The minimum atomic E-state index is -3.85. The number of ketones is 1. The van der Waals surface area contributed by atoms with E-state index >= 15 is 0 Å². The molecule has 12 heteroatoms. The second-order valence-corrected chi connectivity index (χ2v) is 14.1. The maximum Gasteiger partial charge on any atom is 0.362 e. The zero-order valence-electron chi connectivity index (χ0n) is 28.3. The first-order valence-corrected chi connectivity index (χ1v) is 17.8. The highest BCUT2D eigenvalue weighted by molar-refractivity contribution is 7.62. The van der Waals surface area contributed by atoms with Gasteiger partial charge < -0.3 is 19.1 Å². The zero-order chi connectivity index (χ0) is 33.7. The summed E-state index contributed by atoms with van der Waals surface area (Å²) >= 11 is 0. The van der Waals surface area contributed by atoms with Crippen LogP contribution < -0.4 is 10.6 Å². The molecular formula is C34H50N5O6P. The molecule has 1 aromatic carbocycles. The number of allylic oxidation sites excluding steroid dienone is 1. The van der Waals surface area contributed by atoms with Crippen LogP contribution in [-0.2, 0) is 29.7 Å². The molecule has 46 heavy (non-hydrogen) atoms. The van der Waals surface area contributed by atoms with Gasteiger partial charge in [0.2, 0.25) is 5.95 Å². The Kier molecular flexibility index (Phi) is 14.1. The molecule has 0 saturated carbocycles. The van der Waals surface area contributed by atoms with E-state index in [-0.39, 0.29) is 36.5 Å². The van der Waals surface area contributed by atoms with Crippen LogP contribution in [0.15, 0.2) is 37.2 Å². The Labute approximate surface area is 273 Å². The van der Waals surface area contributed by atoms with E-state index in [0.717, 1.165) is 25.8 Å². The summed E-state index contributed by atoms with van der Waals surface area (Å²) in [4.78, 5) is 34.4. The van der Waals surface area contributed by atoms with E-state index in [0.29, 0.717) is 28.0 Å². The van der Waals surface area contributed by atoms with E-state index in [1.165, 1.54) is 43.7 Å². The number of carbonyl (C=O) groups is 2. The zero-order valence-corrected chi connectivity index (χ0v) is 29.2. The van der Waals surface area contributed by atoms with Crippen molar-refractivity contribution in [3.8, 4) is 11.1 Å². The molecule has 0 spiro atoms. The SMILES string of the molecule is C=CCCCCCCCCCNc1ncc(-c2cc3c(C(C)=O)nn(CC(=O)OC(C)(C)C)c3cc2P(=O)(OCC)OCC)cn1. The van der Waals surface area contributed by atoms with Crippen molar-refractivity contribution >= 4 is 41.5 Å². The van der Waals surface area contributed by atoms with E-state index in [1.54, 1.807) is 59.1 Å². The van der Waals surface area contributed by atoms with Gasteiger partial charge >= 0.3 is 13.6 Å². The minimum Gasteiger partial charge on any atom is -0.459 e. The molecule has 0 unspecified atom stereocenters. The minimum absolute atomic E-state index is 0.138. The van der Waals surface area contributed by atoms with Crippen LogP contribution in [0.25, 0.3) is 22.0 Å². The van der Waals surface area contributed by atoms with Crippen molar-refractivity contribution in [1.82, 2.24) is 19.7 Å². The van der Waals surface area contributed by atoms with Crippen LogP contribution >= 0.6 is 7.60 Å². The summed E-state index contributed by atoms with van der Waals surface area (Å²) in [7, 11) is -3.85. The summed E-state index contributed by atoms with van der Waals surface area (Å²) in [5.74, 6) is -0.317. The fourth-order valence-electron chi connectivity index (χ4n) is 5.12. The average Bonchev–Trinajstić information content (AvgIpc) is 3.34. The van der Waals surface area contributed by atoms with Crippen molar-refractivity contribution in [2.75, 3.05) is 25.1 Å². The number of rotatable bonds is 20. The maximum atomic E-state index is 14.2. The van der Waals surface area contributed by atoms with Crippen LogP contribution in [-0.4, -0.2) is 56.9 Å². The van der Waals surface area contributed by atoms with Crippen LogP contribution in [0.3, 0.4) is 0 Å². The van der Waals surface area contributed by atoms with E-state index in [1.807, 2.05) is 6.08 Å². The number of nitrogens with one attached hydrogen (secondary N) is 1. The summed E-state index contributed by atoms with van der Waals surface area (Å²) in [5, 5.41) is 8.48. The molecule has 11 nitrogen and oxygen atoms in total. The number of unbranched alkanes of at least 4 members (excludes halogenated alkanes) is 7. The second-order valence-electron chi connectivity index (χ2n) is 12.1. The normalized spacial score (nSPS) is 12.0. The van der Waals surface area contributed by atoms with E-state index < -0.39 is 19.2 Å². The number of hydrogen-bond donors (Lipinski definition) is 1. The molecule has 0 saturated heterocycles. The maximum absolute atomic E-state index is 14.2. The molecule has 0 aliphatic heterocycles. The van der Waals surface area contributed by atoms with Gasteiger partial charge in [-0.2, -0.15) is 5.10 Å². The molecule has 0 amide bonds. The fourth-order valence-corrected chi connectivity index (χ4v) is 6.92. The van der Waals surface area contributed by atoms with Gasteiger partial charge in [-0.1, -0.05) is 38.2 Å². The van der Waals surface area contributed by atoms with Crippen molar-refractivity contribution in [1.29, 1.82) is 0 Å². The summed E-state index contributed by atoms with van der Waals surface area (Å²) in [5.41, 5.74) is 0.938. The molecule has 0 aliphatic carbocycles. The summed E-state index contributed by atoms with van der Waals surface area (Å²) in [6.07, 6.45) is 14.7. The Morgan fingerprint density at radius 1 is 0.978 bits per heavy atom. The number of Topliss-reactive ketones (excluding diaryl/α,β-unsaturated/α-hetero) is 1. The molecule has 3 rings (SSSR count). The quantitative estimate of drug-likeness (QED) is 0.0425. The van der Waals surface area contributed by atoms with E-state index in [4.69, 9.17) is 13.8 Å². The van der Waals surface area contributed by atoms with E-state index in [9.17, 15) is 14.2 Å². The highest BCUT2D eigenvalue weighted by Gasteiger charge is 2.33. The highest BCUT2D eigenvalue weighted by Crippen LogP contribution is 2.50. The number of fused-ring (bicyclic) bond motifs is 1. The van der Waals surface area contributed by atoms with Crippen molar-refractivity contribution in [2.45, 2.75) is 105 Å². The third-order valence-corrected chi connectivity index (χ3v) is 9.28. The molecule has 0 fully saturated rings. The highest BCUT2D eigenvalue weighted by atomic mass is 31.2. The van der Waals surface area contributed by atoms with Gasteiger partial charge in [0.05, 0.1) is 24.0 Å². The molecule has 0 atom stereocenters. The largest absolute Gasteiger partial charge is 0.459 e. The predicted octanol–water partition coefficient (Wildman–Crippen LogP) is 7.65. The Morgan fingerprint density at radius 2 is 1.59 bits per heavy atom. The number of nitrogens with zero attached hydrogens (tertiary/aromatic N) is 4. The molecule has 3 aromatic rings. The van der Waals surface area contributed by atoms with E-state index in [2.05, 4.69) is 27.0 Å². The van der Waals surface area contributed by atoms with Gasteiger partial charge in [0.15, 0.2) is 5.78 Å². The molecule has 252 valence electrons. The lowest BCUT2D eigenvalue weighted by Crippen LogP contribution is -2.27. The molecular weight excluding hydrogens is 605 g/mol. The lowest BCUT2D eigenvalue weighted by atomic mass is 10.0. The standard InChI is InChI=1S/C34H50N5O6P/c1-8-11-12-13-14-15-16-17-18-19-35-33-36-22-26(23-37-33)27-20-28-29(21-30(27)46(42,43-9-2)44-10-3)39(38-32(28)25(4)40)24-31(41)45-34(5,6)7/h8,20-23H,1,9-19,24H2,2-7H3,(H,35,36,37). The summed E-state index contributed by atoms with van der Waals surface area (Å²) in [6, 6.07) is 3.33. The van der Waals surface area contributed by atoms with Crippen molar-refractivity contribution in [3.05, 3.63) is 42.9 Å². The first-order valence-electron chi connectivity index (χ1n) is 16.3. The first-order chi connectivity index (χ1) is 21.9. The van der Waals surface area contributed by atoms with Gasteiger partial charge in [-0.25, -0.2) is 9.97 Å². The number of benzene rings is 1. The second kappa shape index (κ2) is 17.5. The van der Waals surface area contributed by atoms with Crippen LogP contribution in [0.2, 0.25) is 0 Å². The fraction of sp³-hybridized carbons (Fsp3) is 0.559. The Bertz CT molecular complexity index is 1500. The monoisotopic (exact) mass is 655 g/mol. The number of carbonyl (C=O) groups excluding carboxylic acids is 2. The lowest BCUT2D eigenvalue weighted by molar-refractivity contribution is -0.155. The van der Waals surface area contributed by atoms with Gasteiger partial charge in [0.25, 0.3) is 0 Å². The van der Waals surface area contributed by atoms with Gasteiger partial charge in [0, 0.05) is 42.4 Å². The van der Waals surface area contributed by atoms with Crippen LogP contribution in [0, 0.1) is 0 Å². The van der Waals surface area contributed by atoms with Crippen molar-refractivity contribution < 1.29 is 27.9 Å². The number of anilines is 1. The Hall–Kier alpha value is -3.40. The van der Waals surface area contributed by atoms with Gasteiger partial charge in [-0.05, 0) is 66.0 Å². The molecule has 0 radical (unpaired) electrons. The topological polar surface area (TPSA) is 135 Å². The Morgan fingerprint density at radius 3 is 2.15 bits per heavy atom. The first kappa shape index (κ1) is 37.1. The molecule has 0 aliphatic rings. The molecule has 2 heterocycles. The third kappa shape index (κ3) is 10.6. The number of aromatic nitrogens is 4. The predicted molar refractivity (Wildman–Crippen MR) is 183 cm³/mol. The van der Waals surface area contributed by atoms with Crippen LogP contribution in [0.4, 0.5) is 5.95 Å². The Balaban J connectivity index is 1.90. The van der Waals surface area contributed by atoms with Gasteiger partial charge in [-0.15, -0.1) is 6.58 Å². The van der Waals surface area contributed by atoms with Crippen molar-refractivity contribution in [2.24, 2.45) is 0 Å². The van der Waals surface area contributed by atoms with Crippen LogP contribution in [0.1, 0.15) is 103 Å². The third-order valence-electron chi connectivity index (χ3n) is 7.12. The molecule has 2 aromatic heterocycles. The van der Waals surface area contributed by atoms with Gasteiger partial charge in [0.1, 0.15) is 17.8 Å². The summed E-state index contributed by atoms with van der Waals surface area (Å²) < 4.78 is 32.6. The summed E-state index contributed by atoms with van der Waals surface area (Å²) in [6.45, 7) is 14.8. The van der Waals surface area contributed by atoms with Crippen molar-refractivity contribution in [3.63, 3.8) is 0 Å². The lowest BCUT2D eigenvalue weighted by Gasteiger charge is -2.21. The average molecular weight is 656 g/mol. The molecule has 1 N–H and O–H groups in total. The number of esters is 1. The van der Waals surface area contributed by atoms with Crippen LogP contribution in [0.5, 0.6) is 0 Å². The molecule has 0 bridgehead atoms. The number of ether oxygens (including phenoxy) is 1. The number of hydrogen-bond acceptors (Lipinski definition) is 10.